The minimum absolute atomic E-state index is 0.0620. The highest BCUT2D eigenvalue weighted by Crippen LogP contribution is 2.18. The summed E-state index contributed by atoms with van der Waals surface area (Å²) in [4.78, 5) is 38.0. The van der Waals surface area contributed by atoms with Crippen molar-refractivity contribution < 1.29 is 28.6 Å². The molecule has 0 bridgehead atoms. The lowest BCUT2D eigenvalue weighted by Crippen LogP contribution is -2.30. The number of carbonyl (C=O) groups excluding carboxylic acids is 3. The Morgan fingerprint density at radius 2 is 0.556 bits per heavy atom. The molecule has 2 atom stereocenters. The van der Waals surface area contributed by atoms with Gasteiger partial charge in [-0.3, -0.25) is 14.4 Å². The summed E-state index contributed by atoms with van der Waals surface area (Å²) in [6, 6.07) is 0. The van der Waals surface area contributed by atoms with Crippen LogP contribution in [0.25, 0.3) is 0 Å². The molecule has 0 aliphatic rings. The molecular weight excluding hydrogens is 781 g/mol. The summed E-state index contributed by atoms with van der Waals surface area (Å²) >= 11 is 0. The van der Waals surface area contributed by atoms with Crippen LogP contribution >= 0.6 is 0 Å². The van der Waals surface area contributed by atoms with Crippen molar-refractivity contribution in [2.75, 3.05) is 13.2 Å². The quantitative estimate of drug-likeness (QED) is 0.0344. The molecule has 6 nitrogen and oxygen atoms in total. The Balaban J connectivity index is 4.25. The lowest BCUT2D eigenvalue weighted by atomic mass is 9.99. The molecule has 0 amide bonds. The highest BCUT2D eigenvalue weighted by atomic mass is 16.6. The molecule has 374 valence electrons. The summed E-state index contributed by atoms with van der Waals surface area (Å²) in [6.45, 7) is 9.08. The van der Waals surface area contributed by atoms with Crippen molar-refractivity contribution in [3.05, 3.63) is 0 Å². The molecule has 0 saturated heterocycles. The number of esters is 3. The third-order valence-corrected chi connectivity index (χ3v) is 13.4. The second kappa shape index (κ2) is 51.4. The van der Waals surface area contributed by atoms with Gasteiger partial charge < -0.3 is 14.2 Å². The zero-order valence-corrected chi connectivity index (χ0v) is 43.0. The zero-order chi connectivity index (χ0) is 45.9. The molecule has 63 heavy (non-hydrogen) atoms. The molecule has 0 fully saturated rings. The molecular formula is C57H110O6. The van der Waals surface area contributed by atoms with E-state index < -0.39 is 6.10 Å². The highest BCUT2D eigenvalue weighted by molar-refractivity contribution is 5.71. The standard InChI is InChI=1S/C57H110O6/c1-5-8-10-12-14-16-18-19-20-21-22-26-29-33-37-41-45-49-56(59)62-52-54(51-61-55(58)48-44-40-36-32-17-15-13-11-9-6-2)63-57(60)50-46-42-38-34-30-27-24-23-25-28-31-35-39-43-47-53(4)7-3/h53-54H,5-52H2,1-4H3/t53?,54-/m1/s1. The van der Waals surface area contributed by atoms with E-state index in [-0.39, 0.29) is 31.1 Å². The third kappa shape index (κ3) is 49.7. The lowest BCUT2D eigenvalue weighted by Gasteiger charge is -2.18. The number of hydrogen-bond donors (Lipinski definition) is 0. The molecule has 1 unspecified atom stereocenters. The van der Waals surface area contributed by atoms with Gasteiger partial charge in [-0.05, 0) is 25.2 Å². The Labute approximate surface area is 393 Å². The number of rotatable bonds is 52. The van der Waals surface area contributed by atoms with Gasteiger partial charge in [-0.15, -0.1) is 0 Å². The SMILES string of the molecule is CCCCCCCCCCCCCCCCCCCC(=O)OC[C@@H](COC(=O)CCCCCCCCCCCC)OC(=O)CCCCCCCCCCCCCCCCC(C)CC. The van der Waals surface area contributed by atoms with Crippen molar-refractivity contribution in [3.8, 4) is 0 Å². The molecule has 6 heteroatoms. The van der Waals surface area contributed by atoms with Gasteiger partial charge in [0.2, 0.25) is 0 Å². The molecule has 0 aromatic heterocycles. The topological polar surface area (TPSA) is 78.9 Å². The van der Waals surface area contributed by atoms with Gasteiger partial charge in [0, 0.05) is 19.3 Å². The Morgan fingerprint density at radius 3 is 0.825 bits per heavy atom. The van der Waals surface area contributed by atoms with E-state index in [4.69, 9.17) is 14.2 Å². The van der Waals surface area contributed by atoms with Crippen LogP contribution in [0.1, 0.15) is 323 Å². The fourth-order valence-electron chi connectivity index (χ4n) is 8.72. The van der Waals surface area contributed by atoms with Gasteiger partial charge in [-0.2, -0.15) is 0 Å². The molecule has 0 aliphatic carbocycles. The zero-order valence-electron chi connectivity index (χ0n) is 43.0. The third-order valence-electron chi connectivity index (χ3n) is 13.4. The van der Waals surface area contributed by atoms with Gasteiger partial charge in [0.1, 0.15) is 13.2 Å². The predicted molar refractivity (Wildman–Crippen MR) is 270 cm³/mol. The van der Waals surface area contributed by atoms with E-state index in [0.29, 0.717) is 19.3 Å². The minimum Gasteiger partial charge on any atom is -0.462 e. The average Bonchev–Trinajstić information content (AvgIpc) is 3.28. The number of ether oxygens (including phenoxy) is 3. The maximum absolute atomic E-state index is 12.8. The predicted octanol–water partition coefficient (Wildman–Crippen LogP) is 18.6. The summed E-state index contributed by atoms with van der Waals surface area (Å²) in [5, 5.41) is 0. The van der Waals surface area contributed by atoms with Crippen LogP contribution in [0.5, 0.6) is 0 Å². The highest BCUT2D eigenvalue weighted by Gasteiger charge is 2.19. The van der Waals surface area contributed by atoms with E-state index in [1.807, 2.05) is 0 Å². The first-order valence-corrected chi connectivity index (χ1v) is 28.4. The molecule has 0 saturated carbocycles. The van der Waals surface area contributed by atoms with Crippen LogP contribution in [0.15, 0.2) is 0 Å². The van der Waals surface area contributed by atoms with Crippen molar-refractivity contribution >= 4 is 17.9 Å². The van der Waals surface area contributed by atoms with Crippen molar-refractivity contribution in [2.24, 2.45) is 5.92 Å². The van der Waals surface area contributed by atoms with Crippen LogP contribution in [-0.4, -0.2) is 37.2 Å². The number of carbonyl (C=O) groups is 3. The van der Waals surface area contributed by atoms with E-state index in [9.17, 15) is 14.4 Å². The second-order valence-electron chi connectivity index (χ2n) is 19.8. The molecule has 0 aromatic rings. The van der Waals surface area contributed by atoms with Crippen LogP contribution in [0.4, 0.5) is 0 Å². The van der Waals surface area contributed by atoms with E-state index in [0.717, 1.165) is 63.7 Å². The summed E-state index contributed by atoms with van der Waals surface area (Å²) in [5.41, 5.74) is 0. The smallest absolute Gasteiger partial charge is 0.306 e. The minimum atomic E-state index is -0.761. The van der Waals surface area contributed by atoms with Gasteiger partial charge in [0.15, 0.2) is 6.10 Å². The van der Waals surface area contributed by atoms with Crippen molar-refractivity contribution in [1.82, 2.24) is 0 Å². The van der Waals surface area contributed by atoms with Crippen molar-refractivity contribution in [2.45, 2.75) is 329 Å². The number of unbranched alkanes of at least 4 members (excludes halogenated alkanes) is 38. The Kier molecular flexibility index (Phi) is 50.1. The maximum Gasteiger partial charge on any atom is 0.306 e. The first-order valence-electron chi connectivity index (χ1n) is 28.4. The Morgan fingerprint density at radius 1 is 0.317 bits per heavy atom. The van der Waals surface area contributed by atoms with Crippen molar-refractivity contribution in [3.63, 3.8) is 0 Å². The molecule has 0 radical (unpaired) electrons. The van der Waals surface area contributed by atoms with Gasteiger partial charge in [-0.1, -0.05) is 285 Å². The van der Waals surface area contributed by atoms with Crippen LogP contribution in [0.3, 0.4) is 0 Å². The first-order chi connectivity index (χ1) is 30.9. The summed E-state index contributed by atoms with van der Waals surface area (Å²) < 4.78 is 16.9. The van der Waals surface area contributed by atoms with E-state index in [2.05, 4.69) is 27.7 Å². The van der Waals surface area contributed by atoms with Crippen LogP contribution in [-0.2, 0) is 28.6 Å². The maximum atomic E-state index is 12.8. The van der Waals surface area contributed by atoms with Crippen molar-refractivity contribution in [1.29, 1.82) is 0 Å². The fraction of sp³-hybridized carbons (Fsp3) is 0.947. The molecule has 0 spiro atoms. The fourth-order valence-corrected chi connectivity index (χ4v) is 8.72. The molecule has 0 aromatic carbocycles. The lowest BCUT2D eigenvalue weighted by molar-refractivity contribution is -0.167. The van der Waals surface area contributed by atoms with Gasteiger partial charge >= 0.3 is 17.9 Å². The number of hydrogen-bond acceptors (Lipinski definition) is 6. The second-order valence-corrected chi connectivity index (χ2v) is 19.8. The Hall–Kier alpha value is -1.59. The Bertz CT molecular complexity index is 951. The summed E-state index contributed by atoms with van der Waals surface area (Å²) in [7, 11) is 0. The van der Waals surface area contributed by atoms with Crippen LogP contribution in [0, 0.1) is 5.92 Å². The summed E-state index contributed by atoms with van der Waals surface area (Å²) in [6.07, 6.45) is 55.1. The largest absolute Gasteiger partial charge is 0.462 e. The van der Waals surface area contributed by atoms with Gasteiger partial charge in [0.25, 0.3) is 0 Å². The first kappa shape index (κ1) is 61.4. The monoisotopic (exact) mass is 891 g/mol. The molecule has 0 rings (SSSR count). The molecule has 0 heterocycles. The normalized spacial score (nSPS) is 12.4. The molecule has 0 N–H and O–H groups in total. The van der Waals surface area contributed by atoms with E-state index in [1.54, 1.807) is 0 Å². The average molecular weight is 892 g/mol. The summed E-state index contributed by atoms with van der Waals surface area (Å²) in [5.74, 6) is 0.0557. The van der Waals surface area contributed by atoms with E-state index in [1.165, 1.54) is 218 Å². The van der Waals surface area contributed by atoms with Gasteiger partial charge in [-0.25, -0.2) is 0 Å². The van der Waals surface area contributed by atoms with Crippen LogP contribution < -0.4 is 0 Å². The molecule has 0 aliphatic heterocycles. The van der Waals surface area contributed by atoms with Gasteiger partial charge in [0.05, 0.1) is 0 Å². The van der Waals surface area contributed by atoms with E-state index >= 15 is 0 Å². The van der Waals surface area contributed by atoms with Crippen LogP contribution in [0.2, 0.25) is 0 Å².